The van der Waals surface area contributed by atoms with Crippen molar-refractivity contribution in [3.63, 3.8) is 0 Å². The van der Waals surface area contributed by atoms with Crippen molar-refractivity contribution in [2.24, 2.45) is 0 Å². The minimum absolute atomic E-state index is 0.285. The fourth-order valence-corrected chi connectivity index (χ4v) is 3.50. The minimum Gasteiger partial charge on any atom is -0.371 e. The molecule has 1 atom stereocenters. The van der Waals surface area contributed by atoms with E-state index in [1.54, 1.807) is 0 Å². The van der Waals surface area contributed by atoms with Gasteiger partial charge in [-0.1, -0.05) is 0 Å². The molecule has 4 heteroatoms. The van der Waals surface area contributed by atoms with E-state index in [9.17, 15) is 0 Å². The maximum atomic E-state index is 5.71. The molecule has 0 bridgehead atoms. The van der Waals surface area contributed by atoms with Gasteiger partial charge in [0.2, 0.25) is 0 Å². The third-order valence-corrected chi connectivity index (χ3v) is 4.41. The summed E-state index contributed by atoms with van der Waals surface area (Å²) < 4.78 is 5.71. The average Bonchev–Trinajstić information content (AvgIpc) is 2.82. The van der Waals surface area contributed by atoms with E-state index in [1.165, 1.54) is 34.8 Å². The molecule has 1 aromatic heterocycles. The van der Waals surface area contributed by atoms with E-state index in [4.69, 9.17) is 9.72 Å². The highest BCUT2D eigenvalue weighted by Crippen LogP contribution is 2.44. The summed E-state index contributed by atoms with van der Waals surface area (Å²) in [7, 11) is 2.00. The molecule has 88 valence electrons. The summed E-state index contributed by atoms with van der Waals surface area (Å²) in [4.78, 5) is 6.25. The molecule has 2 heterocycles. The molecular formula is C12H18N2OS. The quantitative estimate of drug-likeness (QED) is 0.875. The summed E-state index contributed by atoms with van der Waals surface area (Å²) >= 11 is 1.85. The van der Waals surface area contributed by atoms with Crippen LogP contribution in [0.2, 0.25) is 0 Å². The average molecular weight is 238 g/mol. The first kappa shape index (κ1) is 10.7. The van der Waals surface area contributed by atoms with Crippen molar-refractivity contribution < 1.29 is 4.74 Å². The van der Waals surface area contributed by atoms with E-state index < -0.39 is 0 Å². The van der Waals surface area contributed by atoms with Crippen LogP contribution in [0.25, 0.3) is 0 Å². The van der Waals surface area contributed by atoms with Crippen LogP contribution in [0.5, 0.6) is 0 Å². The van der Waals surface area contributed by atoms with Crippen LogP contribution in [0.15, 0.2) is 0 Å². The van der Waals surface area contributed by atoms with Crippen LogP contribution in [-0.4, -0.2) is 18.6 Å². The molecule has 1 aromatic rings. The second-order valence-electron chi connectivity index (χ2n) is 4.67. The molecule has 0 spiro atoms. The molecule has 1 aliphatic heterocycles. The summed E-state index contributed by atoms with van der Waals surface area (Å²) in [6.45, 7) is 1.86. The highest BCUT2D eigenvalue weighted by Gasteiger charge is 2.31. The third kappa shape index (κ3) is 2.01. The molecule has 3 nitrogen and oxygen atoms in total. The maximum absolute atomic E-state index is 5.71. The van der Waals surface area contributed by atoms with Gasteiger partial charge in [0.05, 0.1) is 5.69 Å². The third-order valence-electron chi connectivity index (χ3n) is 3.25. The molecule has 0 amide bonds. The first-order valence-electron chi connectivity index (χ1n) is 6.14. The summed E-state index contributed by atoms with van der Waals surface area (Å²) in [5.41, 5.74) is 1.35. The fourth-order valence-electron chi connectivity index (χ4n) is 2.26. The Morgan fingerprint density at radius 2 is 2.31 bits per heavy atom. The Labute approximate surface area is 100 Å². The SMILES string of the molecule is CNCc1sc(C2CCCO2)nc1C1CC1. The van der Waals surface area contributed by atoms with Crippen LogP contribution in [0, 0.1) is 0 Å². The van der Waals surface area contributed by atoms with Crippen molar-refractivity contribution in [1.82, 2.24) is 10.3 Å². The van der Waals surface area contributed by atoms with Crippen LogP contribution in [0.1, 0.15) is 53.3 Å². The smallest absolute Gasteiger partial charge is 0.122 e. The molecule has 1 N–H and O–H groups in total. The monoisotopic (exact) mass is 238 g/mol. The fraction of sp³-hybridized carbons (Fsp3) is 0.750. The van der Waals surface area contributed by atoms with E-state index in [0.717, 1.165) is 25.5 Å². The number of ether oxygens (including phenoxy) is 1. The lowest BCUT2D eigenvalue weighted by atomic mass is 10.2. The first-order valence-corrected chi connectivity index (χ1v) is 6.96. The van der Waals surface area contributed by atoms with Gasteiger partial charge in [-0.2, -0.15) is 0 Å². The van der Waals surface area contributed by atoms with Crippen LogP contribution < -0.4 is 5.32 Å². The number of hydrogen-bond acceptors (Lipinski definition) is 4. The lowest BCUT2D eigenvalue weighted by molar-refractivity contribution is 0.111. The molecule has 16 heavy (non-hydrogen) atoms. The number of nitrogens with one attached hydrogen (secondary N) is 1. The Hall–Kier alpha value is -0.450. The molecule has 2 fully saturated rings. The zero-order valence-electron chi connectivity index (χ0n) is 9.66. The van der Waals surface area contributed by atoms with Gasteiger partial charge in [-0.15, -0.1) is 11.3 Å². The molecule has 2 aliphatic rings. The predicted molar refractivity (Wildman–Crippen MR) is 64.8 cm³/mol. The van der Waals surface area contributed by atoms with Crippen LogP contribution in [0.4, 0.5) is 0 Å². The number of hydrogen-bond donors (Lipinski definition) is 1. The number of nitrogens with zero attached hydrogens (tertiary/aromatic N) is 1. The van der Waals surface area contributed by atoms with Crippen molar-refractivity contribution >= 4 is 11.3 Å². The lowest BCUT2D eigenvalue weighted by Gasteiger charge is -2.03. The Balaban J connectivity index is 1.85. The molecule has 1 unspecified atom stereocenters. The Bertz CT molecular complexity index is 367. The topological polar surface area (TPSA) is 34.1 Å². The van der Waals surface area contributed by atoms with Gasteiger partial charge in [-0.3, -0.25) is 0 Å². The summed E-state index contributed by atoms with van der Waals surface area (Å²) in [5, 5.41) is 4.45. The largest absolute Gasteiger partial charge is 0.371 e. The van der Waals surface area contributed by atoms with Crippen molar-refractivity contribution in [3.8, 4) is 0 Å². The minimum atomic E-state index is 0.285. The Kier molecular flexibility index (Phi) is 2.96. The Morgan fingerprint density at radius 3 is 2.94 bits per heavy atom. The number of aromatic nitrogens is 1. The van der Waals surface area contributed by atoms with E-state index in [1.807, 2.05) is 18.4 Å². The zero-order chi connectivity index (χ0) is 11.0. The number of thiazole rings is 1. The van der Waals surface area contributed by atoms with Gasteiger partial charge in [0.25, 0.3) is 0 Å². The first-order chi connectivity index (χ1) is 7.88. The molecular weight excluding hydrogens is 220 g/mol. The van der Waals surface area contributed by atoms with Crippen molar-refractivity contribution in [2.75, 3.05) is 13.7 Å². The standard InChI is InChI=1S/C12H18N2OS/c1-13-7-10-11(8-4-5-8)14-12(16-10)9-3-2-6-15-9/h8-9,13H,2-7H2,1H3. The molecule has 0 radical (unpaired) electrons. The molecule has 3 rings (SSSR count). The van der Waals surface area contributed by atoms with E-state index >= 15 is 0 Å². The molecule has 1 aliphatic carbocycles. The summed E-state index contributed by atoms with van der Waals surface area (Å²) in [6, 6.07) is 0. The molecule has 1 saturated carbocycles. The van der Waals surface area contributed by atoms with Gasteiger partial charge in [0, 0.05) is 23.9 Å². The molecule has 1 saturated heterocycles. The van der Waals surface area contributed by atoms with Crippen molar-refractivity contribution in [2.45, 2.75) is 44.2 Å². The van der Waals surface area contributed by atoms with Crippen LogP contribution in [0.3, 0.4) is 0 Å². The van der Waals surface area contributed by atoms with Gasteiger partial charge >= 0.3 is 0 Å². The predicted octanol–water partition coefficient (Wildman–Crippen LogP) is 2.59. The highest BCUT2D eigenvalue weighted by atomic mass is 32.1. The second kappa shape index (κ2) is 4.43. The van der Waals surface area contributed by atoms with Crippen molar-refractivity contribution in [1.29, 1.82) is 0 Å². The van der Waals surface area contributed by atoms with Gasteiger partial charge in [-0.25, -0.2) is 4.98 Å². The van der Waals surface area contributed by atoms with Crippen LogP contribution >= 0.6 is 11.3 Å². The van der Waals surface area contributed by atoms with E-state index in [2.05, 4.69) is 5.32 Å². The van der Waals surface area contributed by atoms with E-state index in [-0.39, 0.29) is 6.10 Å². The Morgan fingerprint density at radius 1 is 1.44 bits per heavy atom. The zero-order valence-corrected chi connectivity index (χ0v) is 10.5. The van der Waals surface area contributed by atoms with Gasteiger partial charge in [-0.05, 0) is 32.7 Å². The lowest BCUT2D eigenvalue weighted by Crippen LogP contribution is -2.05. The highest BCUT2D eigenvalue weighted by molar-refractivity contribution is 7.11. The maximum Gasteiger partial charge on any atom is 0.122 e. The molecule has 0 aromatic carbocycles. The van der Waals surface area contributed by atoms with Gasteiger partial charge < -0.3 is 10.1 Å². The van der Waals surface area contributed by atoms with Gasteiger partial charge in [0.1, 0.15) is 11.1 Å². The normalized spacial score (nSPS) is 25.2. The summed E-state index contributed by atoms with van der Waals surface area (Å²) in [6.07, 6.45) is 5.27. The van der Waals surface area contributed by atoms with Gasteiger partial charge in [0.15, 0.2) is 0 Å². The van der Waals surface area contributed by atoms with Crippen LogP contribution in [-0.2, 0) is 11.3 Å². The second-order valence-corrected chi connectivity index (χ2v) is 5.78. The number of rotatable bonds is 4. The van der Waals surface area contributed by atoms with Crippen molar-refractivity contribution in [3.05, 3.63) is 15.6 Å². The summed E-state index contributed by atoms with van der Waals surface area (Å²) in [5.74, 6) is 0.745. The van der Waals surface area contributed by atoms with E-state index in [0.29, 0.717) is 0 Å².